The second kappa shape index (κ2) is 5.26. The Morgan fingerprint density at radius 1 is 1.47 bits per heavy atom. The van der Waals surface area contributed by atoms with Gasteiger partial charge >= 0.3 is 6.09 Å². The number of rotatable bonds is 3. The molecular formula is C11H21NO6S. The van der Waals surface area contributed by atoms with E-state index in [1.54, 1.807) is 0 Å². The zero-order chi connectivity index (χ0) is 14.9. The van der Waals surface area contributed by atoms with E-state index in [-0.39, 0.29) is 26.3 Å². The molecule has 1 fully saturated rings. The van der Waals surface area contributed by atoms with E-state index in [1.807, 2.05) is 20.8 Å². The van der Waals surface area contributed by atoms with Gasteiger partial charge in [0.2, 0.25) is 0 Å². The Hall–Kier alpha value is -0.860. The van der Waals surface area contributed by atoms with Gasteiger partial charge in [-0.3, -0.25) is 4.18 Å². The molecule has 0 spiro atoms. The molecule has 1 amide bonds. The summed E-state index contributed by atoms with van der Waals surface area (Å²) in [6.45, 7) is 5.97. The molecule has 1 heterocycles. The third-order valence-corrected chi connectivity index (χ3v) is 3.88. The van der Waals surface area contributed by atoms with Gasteiger partial charge in [0, 0.05) is 6.54 Å². The number of nitrogens with zero attached hydrogens (tertiary/aromatic N) is 1. The predicted molar refractivity (Wildman–Crippen MR) is 68.5 cm³/mol. The molecule has 8 heteroatoms. The van der Waals surface area contributed by atoms with Crippen molar-refractivity contribution in [2.24, 2.45) is 5.41 Å². The summed E-state index contributed by atoms with van der Waals surface area (Å²) in [5.74, 6) is 0. The highest BCUT2D eigenvalue weighted by Gasteiger charge is 2.48. The monoisotopic (exact) mass is 295 g/mol. The molecule has 19 heavy (non-hydrogen) atoms. The van der Waals surface area contributed by atoms with Crippen molar-refractivity contribution in [2.45, 2.75) is 26.4 Å². The lowest BCUT2D eigenvalue weighted by atomic mass is 9.75. The van der Waals surface area contributed by atoms with Gasteiger partial charge in [0.15, 0.2) is 0 Å². The van der Waals surface area contributed by atoms with Gasteiger partial charge in [-0.05, 0) is 5.41 Å². The molecule has 1 unspecified atom stereocenters. The maximum Gasteiger partial charge on any atom is 0.407 e. The lowest BCUT2D eigenvalue weighted by Crippen LogP contribution is -2.62. The number of amides is 1. The Bertz CT molecular complexity index is 441. The Morgan fingerprint density at radius 2 is 2.05 bits per heavy atom. The van der Waals surface area contributed by atoms with E-state index in [4.69, 9.17) is 14.0 Å². The molecule has 0 aliphatic carbocycles. The van der Waals surface area contributed by atoms with Gasteiger partial charge < -0.3 is 14.7 Å². The number of morpholine rings is 1. The van der Waals surface area contributed by atoms with Gasteiger partial charge in [-0.1, -0.05) is 20.8 Å². The van der Waals surface area contributed by atoms with E-state index in [2.05, 4.69) is 0 Å². The van der Waals surface area contributed by atoms with Crippen LogP contribution >= 0.6 is 0 Å². The summed E-state index contributed by atoms with van der Waals surface area (Å²) in [7, 11) is -3.61. The Kier molecular flexibility index (Phi) is 4.48. The maximum atomic E-state index is 11.2. The quantitative estimate of drug-likeness (QED) is 0.773. The number of hydrogen-bond acceptors (Lipinski definition) is 5. The van der Waals surface area contributed by atoms with Crippen molar-refractivity contribution < 1.29 is 27.2 Å². The largest absolute Gasteiger partial charge is 0.465 e. The topological polar surface area (TPSA) is 93.1 Å². The fraction of sp³-hybridized carbons (Fsp3) is 0.909. The molecule has 1 aliphatic rings. The van der Waals surface area contributed by atoms with Gasteiger partial charge in [0.25, 0.3) is 10.1 Å². The highest BCUT2D eigenvalue weighted by Crippen LogP contribution is 2.37. The highest BCUT2D eigenvalue weighted by atomic mass is 32.2. The Morgan fingerprint density at radius 3 is 2.47 bits per heavy atom. The SMILES string of the molecule is CC(C)(C)C1(COS(C)(=O)=O)CN(C(=O)O)CCO1. The summed E-state index contributed by atoms with van der Waals surface area (Å²) in [5, 5.41) is 9.08. The van der Waals surface area contributed by atoms with Crippen LogP contribution in [0.15, 0.2) is 0 Å². The summed E-state index contributed by atoms with van der Waals surface area (Å²) in [5.41, 5.74) is -1.45. The van der Waals surface area contributed by atoms with Crippen LogP contribution in [0.1, 0.15) is 20.8 Å². The van der Waals surface area contributed by atoms with Crippen LogP contribution < -0.4 is 0 Å². The third-order valence-electron chi connectivity index (χ3n) is 3.33. The van der Waals surface area contributed by atoms with E-state index >= 15 is 0 Å². The molecule has 0 aromatic rings. The van der Waals surface area contributed by atoms with E-state index in [1.165, 1.54) is 4.90 Å². The highest BCUT2D eigenvalue weighted by molar-refractivity contribution is 7.85. The van der Waals surface area contributed by atoms with Gasteiger partial charge in [-0.2, -0.15) is 8.42 Å². The van der Waals surface area contributed by atoms with E-state index in [0.29, 0.717) is 0 Å². The summed E-state index contributed by atoms with van der Waals surface area (Å²) in [6, 6.07) is 0. The normalized spacial score (nSPS) is 25.4. The first-order valence-electron chi connectivity index (χ1n) is 5.93. The van der Waals surface area contributed by atoms with Crippen LogP contribution in [0.3, 0.4) is 0 Å². The van der Waals surface area contributed by atoms with E-state index in [0.717, 1.165) is 6.26 Å². The van der Waals surface area contributed by atoms with Crippen LogP contribution in [0.5, 0.6) is 0 Å². The van der Waals surface area contributed by atoms with E-state index in [9.17, 15) is 13.2 Å². The zero-order valence-corrected chi connectivity index (χ0v) is 12.5. The Labute approximate surface area is 113 Å². The van der Waals surface area contributed by atoms with Crippen LogP contribution in [0.2, 0.25) is 0 Å². The molecule has 1 atom stereocenters. The predicted octanol–water partition coefficient (Wildman–Crippen LogP) is 0.758. The fourth-order valence-electron chi connectivity index (χ4n) is 1.91. The standard InChI is InChI=1S/C11H21NO6S/c1-10(2,3)11(8-18-19(4,15)16)7-12(9(13)14)5-6-17-11/h5-8H2,1-4H3,(H,13,14). The molecule has 1 rings (SSSR count). The minimum atomic E-state index is -3.61. The van der Waals surface area contributed by atoms with Crippen LogP contribution in [-0.4, -0.2) is 62.7 Å². The first kappa shape index (κ1) is 16.2. The zero-order valence-electron chi connectivity index (χ0n) is 11.7. The number of carbonyl (C=O) groups is 1. The third kappa shape index (κ3) is 4.05. The average molecular weight is 295 g/mol. The smallest absolute Gasteiger partial charge is 0.407 e. The minimum absolute atomic E-state index is 0.0847. The van der Waals surface area contributed by atoms with Crippen LogP contribution in [0.25, 0.3) is 0 Å². The summed E-state index contributed by atoms with van der Waals surface area (Å²) >= 11 is 0. The van der Waals surface area contributed by atoms with Crippen molar-refractivity contribution >= 4 is 16.2 Å². The maximum absolute atomic E-state index is 11.2. The summed E-state index contributed by atoms with van der Waals surface area (Å²) < 4.78 is 32.9. The molecular weight excluding hydrogens is 274 g/mol. The molecule has 7 nitrogen and oxygen atoms in total. The van der Waals surface area contributed by atoms with Crippen LogP contribution in [0.4, 0.5) is 4.79 Å². The number of carboxylic acid groups (broad SMARTS) is 1. The fourth-order valence-corrected chi connectivity index (χ4v) is 2.31. The van der Waals surface area contributed by atoms with Crippen molar-refractivity contribution in [1.29, 1.82) is 0 Å². The lowest BCUT2D eigenvalue weighted by molar-refractivity contribution is -0.174. The molecule has 0 aromatic heterocycles. The molecule has 0 aromatic carbocycles. The second-order valence-electron chi connectivity index (χ2n) is 5.76. The van der Waals surface area contributed by atoms with E-state index < -0.39 is 27.2 Å². The van der Waals surface area contributed by atoms with Crippen molar-refractivity contribution in [3.05, 3.63) is 0 Å². The van der Waals surface area contributed by atoms with Gasteiger partial charge in [-0.15, -0.1) is 0 Å². The van der Waals surface area contributed by atoms with Gasteiger partial charge in [0.05, 0.1) is 26.0 Å². The first-order chi connectivity index (χ1) is 8.47. The molecule has 0 saturated carbocycles. The molecule has 1 saturated heterocycles. The van der Waals surface area contributed by atoms with Gasteiger partial charge in [-0.25, -0.2) is 4.79 Å². The van der Waals surface area contributed by atoms with Crippen molar-refractivity contribution in [3.63, 3.8) is 0 Å². The first-order valence-corrected chi connectivity index (χ1v) is 7.75. The van der Waals surface area contributed by atoms with Crippen molar-refractivity contribution in [1.82, 2.24) is 4.90 Å². The van der Waals surface area contributed by atoms with Crippen LogP contribution in [-0.2, 0) is 19.0 Å². The van der Waals surface area contributed by atoms with Crippen molar-refractivity contribution in [2.75, 3.05) is 32.6 Å². The number of ether oxygens (including phenoxy) is 1. The molecule has 1 N–H and O–H groups in total. The Balaban J connectivity index is 2.97. The average Bonchev–Trinajstić information content (AvgIpc) is 2.24. The van der Waals surface area contributed by atoms with Crippen molar-refractivity contribution in [3.8, 4) is 0 Å². The molecule has 112 valence electrons. The molecule has 0 bridgehead atoms. The lowest BCUT2D eigenvalue weighted by Gasteiger charge is -2.49. The number of hydrogen-bond donors (Lipinski definition) is 1. The summed E-state index contributed by atoms with van der Waals surface area (Å²) in [4.78, 5) is 12.3. The molecule has 0 radical (unpaired) electrons. The second-order valence-corrected chi connectivity index (χ2v) is 7.41. The minimum Gasteiger partial charge on any atom is -0.465 e. The van der Waals surface area contributed by atoms with Crippen LogP contribution in [0, 0.1) is 5.41 Å². The molecule has 1 aliphatic heterocycles. The summed E-state index contributed by atoms with van der Waals surface area (Å²) in [6.07, 6.45) is -0.0856. The van der Waals surface area contributed by atoms with Gasteiger partial charge in [0.1, 0.15) is 5.60 Å².